The Bertz CT molecular complexity index is 893. The van der Waals surface area contributed by atoms with Gasteiger partial charge in [-0.25, -0.2) is 0 Å². The summed E-state index contributed by atoms with van der Waals surface area (Å²) < 4.78 is 6.10. The number of pyridine rings is 1. The van der Waals surface area contributed by atoms with Gasteiger partial charge in [0.2, 0.25) is 0 Å². The monoisotopic (exact) mass is 370 g/mol. The van der Waals surface area contributed by atoms with Crippen molar-refractivity contribution in [2.45, 2.75) is 6.92 Å². The van der Waals surface area contributed by atoms with Crippen molar-refractivity contribution >= 4 is 38.4 Å². The SMILES string of the molecule is COc1cccc(C(=O)Nc2cc(C)nc3ccc(Br)cc23)c1. The van der Waals surface area contributed by atoms with E-state index < -0.39 is 0 Å². The number of aromatic nitrogens is 1. The number of amides is 1. The standard InChI is InChI=1S/C18H15BrN2O2/c1-11-8-17(15-10-13(19)6-7-16(15)20-11)21-18(22)12-4-3-5-14(9-12)23-2/h3-10H,1-2H3,(H,20,21,22). The fourth-order valence-electron chi connectivity index (χ4n) is 2.39. The van der Waals surface area contributed by atoms with Crippen LogP contribution in [0.2, 0.25) is 0 Å². The molecule has 0 spiro atoms. The molecule has 1 heterocycles. The van der Waals surface area contributed by atoms with Gasteiger partial charge in [-0.05, 0) is 49.4 Å². The third kappa shape index (κ3) is 3.35. The minimum atomic E-state index is -0.184. The summed E-state index contributed by atoms with van der Waals surface area (Å²) >= 11 is 3.46. The van der Waals surface area contributed by atoms with Crippen LogP contribution in [0.3, 0.4) is 0 Å². The van der Waals surface area contributed by atoms with E-state index in [1.54, 1.807) is 31.4 Å². The second-order valence-electron chi connectivity index (χ2n) is 5.16. The van der Waals surface area contributed by atoms with Crippen molar-refractivity contribution in [3.63, 3.8) is 0 Å². The highest BCUT2D eigenvalue weighted by atomic mass is 79.9. The Kier molecular flexibility index (Phi) is 4.30. The number of aryl methyl sites for hydroxylation is 1. The van der Waals surface area contributed by atoms with Gasteiger partial charge < -0.3 is 10.1 Å². The number of halogens is 1. The number of carbonyl (C=O) groups excluding carboxylic acids is 1. The van der Waals surface area contributed by atoms with E-state index in [-0.39, 0.29) is 5.91 Å². The second kappa shape index (κ2) is 6.38. The average molecular weight is 371 g/mol. The van der Waals surface area contributed by atoms with Gasteiger partial charge in [0, 0.05) is 21.1 Å². The molecule has 23 heavy (non-hydrogen) atoms. The first-order valence-electron chi connectivity index (χ1n) is 7.09. The molecule has 5 heteroatoms. The van der Waals surface area contributed by atoms with E-state index in [0.717, 1.165) is 26.8 Å². The Morgan fingerprint density at radius 3 is 2.78 bits per heavy atom. The van der Waals surface area contributed by atoms with Crippen molar-refractivity contribution in [3.8, 4) is 5.75 Å². The Morgan fingerprint density at radius 2 is 2.00 bits per heavy atom. The smallest absolute Gasteiger partial charge is 0.255 e. The summed E-state index contributed by atoms with van der Waals surface area (Å²) in [6, 6.07) is 14.7. The maximum atomic E-state index is 12.5. The minimum Gasteiger partial charge on any atom is -0.497 e. The number of fused-ring (bicyclic) bond motifs is 1. The fraction of sp³-hybridized carbons (Fsp3) is 0.111. The van der Waals surface area contributed by atoms with Gasteiger partial charge in [0.15, 0.2) is 0 Å². The first-order valence-corrected chi connectivity index (χ1v) is 7.88. The number of nitrogens with one attached hydrogen (secondary N) is 1. The van der Waals surface area contributed by atoms with Crippen molar-refractivity contribution < 1.29 is 9.53 Å². The molecule has 3 aromatic rings. The zero-order valence-corrected chi connectivity index (χ0v) is 14.3. The van der Waals surface area contributed by atoms with Crippen LogP contribution in [0.5, 0.6) is 5.75 Å². The molecule has 1 aromatic heterocycles. The highest BCUT2D eigenvalue weighted by Crippen LogP contribution is 2.27. The molecule has 0 aliphatic carbocycles. The third-order valence-electron chi connectivity index (χ3n) is 3.48. The van der Waals surface area contributed by atoms with Crippen LogP contribution in [-0.2, 0) is 0 Å². The third-order valence-corrected chi connectivity index (χ3v) is 3.97. The second-order valence-corrected chi connectivity index (χ2v) is 6.07. The van der Waals surface area contributed by atoms with E-state index in [1.807, 2.05) is 31.2 Å². The van der Waals surface area contributed by atoms with Crippen LogP contribution in [0.4, 0.5) is 5.69 Å². The Hall–Kier alpha value is -2.40. The van der Waals surface area contributed by atoms with Crippen LogP contribution in [0.1, 0.15) is 16.1 Å². The summed E-state index contributed by atoms with van der Waals surface area (Å²) in [6.45, 7) is 1.91. The zero-order valence-electron chi connectivity index (χ0n) is 12.8. The van der Waals surface area contributed by atoms with E-state index in [2.05, 4.69) is 26.2 Å². The number of nitrogens with zero attached hydrogens (tertiary/aromatic N) is 1. The van der Waals surface area contributed by atoms with Crippen LogP contribution in [0.15, 0.2) is 53.0 Å². The molecule has 0 saturated carbocycles. The molecule has 2 aromatic carbocycles. The summed E-state index contributed by atoms with van der Waals surface area (Å²) in [5, 5.41) is 3.86. The van der Waals surface area contributed by atoms with Gasteiger partial charge in [-0.15, -0.1) is 0 Å². The Balaban J connectivity index is 2.00. The van der Waals surface area contributed by atoms with Crippen molar-refractivity contribution in [2.75, 3.05) is 12.4 Å². The van der Waals surface area contributed by atoms with Crippen LogP contribution in [-0.4, -0.2) is 18.0 Å². The van der Waals surface area contributed by atoms with Crippen LogP contribution >= 0.6 is 15.9 Å². The molecule has 0 bridgehead atoms. The summed E-state index contributed by atoms with van der Waals surface area (Å²) in [5.41, 5.74) is 2.97. The van der Waals surface area contributed by atoms with Gasteiger partial charge in [-0.3, -0.25) is 9.78 Å². The predicted octanol–water partition coefficient (Wildman–Crippen LogP) is 4.57. The molecule has 0 atom stereocenters. The minimum absolute atomic E-state index is 0.184. The van der Waals surface area contributed by atoms with Gasteiger partial charge in [0.05, 0.1) is 18.3 Å². The molecule has 0 saturated heterocycles. The lowest BCUT2D eigenvalue weighted by atomic mass is 10.1. The fourth-order valence-corrected chi connectivity index (χ4v) is 2.75. The van der Waals surface area contributed by atoms with E-state index in [4.69, 9.17) is 4.74 Å². The van der Waals surface area contributed by atoms with Crippen molar-refractivity contribution in [1.82, 2.24) is 4.98 Å². The van der Waals surface area contributed by atoms with Gasteiger partial charge >= 0.3 is 0 Å². The van der Waals surface area contributed by atoms with E-state index in [0.29, 0.717) is 11.3 Å². The molecule has 1 N–H and O–H groups in total. The number of hydrogen-bond acceptors (Lipinski definition) is 3. The predicted molar refractivity (Wildman–Crippen MR) is 95.1 cm³/mol. The number of hydrogen-bond donors (Lipinski definition) is 1. The Labute approximate surface area is 142 Å². The van der Waals surface area contributed by atoms with Crippen LogP contribution in [0.25, 0.3) is 10.9 Å². The molecule has 0 aliphatic rings. The summed E-state index contributed by atoms with van der Waals surface area (Å²) in [6.07, 6.45) is 0. The van der Waals surface area contributed by atoms with E-state index >= 15 is 0 Å². The van der Waals surface area contributed by atoms with Gasteiger partial charge in [-0.1, -0.05) is 22.0 Å². The lowest BCUT2D eigenvalue weighted by Gasteiger charge is -2.11. The largest absolute Gasteiger partial charge is 0.497 e. The average Bonchev–Trinajstić information content (AvgIpc) is 2.55. The molecule has 0 fully saturated rings. The lowest BCUT2D eigenvalue weighted by molar-refractivity contribution is 0.102. The number of rotatable bonds is 3. The highest BCUT2D eigenvalue weighted by Gasteiger charge is 2.11. The number of carbonyl (C=O) groups is 1. The van der Waals surface area contributed by atoms with Crippen molar-refractivity contribution in [2.24, 2.45) is 0 Å². The maximum absolute atomic E-state index is 12.5. The van der Waals surface area contributed by atoms with Gasteiger partial charge in [-0.2, -0.15) is 0 Å². The molecular weight excluding hydrogens is 356 g/mol. The van der Waals surface area contributed by atoms with Gasteiger partial charge in [0.25, 0.3) is 5.91 Å². The van der Waals surface area contributed by atoms with E-state index in [9.17, 15) is 4.79 Å². The number of benzene rings is 2. The zero-order chi connectivity index (χ0) is 16.4. The van der Waals surface area contributed by atoms with Crippen LogP contribution in [0, 0.1) is 6.92 Å². The summed E-state index contributed by atoms with van der Waals surface area (Å²) in [5.74, 6) is 0.465. The molecule has 0 radical (unpaired) electrons. The number of anilines is 1. The van der Waals surface area contributed by atoms with E-state index in [1.165, 1.54) is 0 Å². The van der Waals surface area contributed by atoms with Crippen LogP contribution < -0.4 is 10.1 Å². The van der Waals surface area contributed by atoms with Gasteiger partial charge in [0.1, 0.15) is 5.75 Å². The molecule has 116 valence electrons. The normalized spacial score (nSPS) is 10.6. The molecule has 3 rings (SSSR count). The molecule has 4 nitrogen and oxygen atoms in total. The maximum Gasteiger partial charge on any atom is 0.255 e. The first kappa shape index (κ1) is 15.5. The molecule has 0 aliphatic heterocycles. The highest BCUT2D eigenvalue weighted by molar-refractivity contribution is 9.10. The lowest BCUT2D eigenvalue weighted by Crippen LogP contribution is -2.12. The Morgan fingerprint density at radius 1 is 1.17 bits per heavy atom. The molecule has 1 amide bonds. The molecule has 0 unspecified atom stereocenters. The molecular formula is C18H15BrN2O2. The summed E-state index contributed by atoms with van der Waals surface area (Å²) in [7, 11) is 1.58. The topological polar surface area (TPSA) is 51.2 Å². The van der Waals surface area contributed by atoms with Crippen molar-refractivity contribution in [1.29, 1.82) is 0 Å². The number of methoxy groups -OCH3 is 1. The number of ether oxygens (including phenoxy) is 1. The quantitative estimate of drug-likeness (QED) is 0.734. The summed E-state index contributed by atoms with van der Waals surface area (Å²) in [4.78, 5) is 17.0. The van der Waals surface area contributed by atoms with Crippen molar-refractivity contribution in [3.05, 3.63) is 64.3 Å². The first-order chi connectivity index (χ1) is 11.1.